The van der Waals surface area contributed by atoms with Crippen molar-refractivity contribution in [2.45, 2.75) is 12.8 Å². The number of aromatic nitrogens is 1. The van der Waals surface area contributed by atoms with Crippen LogP contribution in [0, 0.1) is 0 Å². The van der Waals surface area contributed by atoms with E-state index in [4.69, 9.17) is 17.0 Å². The average Bonchev–Trinajstić information content (AvgIpc) is 2.83. The lowest BCUT2D eigenvalue weighted by Crippen LogP contribution is -2.54. The first-order chi connectivity index (χ1) is 16.0. The molecular weight excluding hydrogens is 438 g/mol. The first-order valence-corrected chi connectivity index (χ1v) is 10.6. The van der Waals surface area contributed by atoms with E-state index in [0.29, 0.717) is 22.7 Å². The van der Waals surface area contributed by atoms with Crippen LogP contribution in [0.5, 0.6) is 11.5 Å². The van der Waals surface area contributed by atoms with Crippen LogP contribution in [0.2, 0.25) is 0 Å². The zero-order valence-corrected chi connectivity index (χ0v) is 18.2. The molecule has 2 amide bonds. The van der Waals surface area contributed by atoms with Crippen molar-refractivity contribution in [3.05, 3.63) is 96.3 Å². The van der Waals surface area contributed by atoms with Crippen molar-refractivity contribution in [3.63, 3.8) is 0 Å². The molecule has 0 bridgehead atoms. The molecule has 1 aliphatic rings. The predicted octanol–water partition coefficient (Wildman–Crippen LogP) is 4.21. The fraction of sp³-hybridized carbons (Fsp3) is 0.0800. The van der Waals surface area contributed by atoms with Gasteiger partial charge in [-0.15, -0.1) is 0 Å². The number of anilines is 1. The first-order valence-electron chi connectivity index (χ1n) is 10.2. The van der Waals surface area contributed by atoms with E-state index in [9.17, 15) is 14.4 Å². The van der Waals surface area contributed by atoms with E-state index < -0.39 is 11.8 Å². The molecule has 8 heteroatoms. The fourth-order valence-electron chi connectivity index (χ4n) is 3.25. The maximum absolute atomic E-state index is 13.1. The molecule has 0 saturated carbocycles. The van der Waals surface area contributed by atoms with Gasteiger partial charge in [0.2, 0.25) is 0 Å². The topological polar surface area (TPSA) is 88.6 Å². The maximum atomic E-state index is 13.1. The Morgan fingerprint density at radius 1 is 1.00 bits per heavy atom. The number of amides is 2. The van der Waals surface area contributed by atoms with Crippen molar-refractivity contribution in [1.29, 1.82) is 0 Å². The molecule has 2 aromatic carbocycles. The zero-order chi connectivity index (χ0) is 23.2. The van der Waals surface area contributed by atoms with E-state index >= 15 is 0 Å². The van der Waals surface area contributed by atoms with Crippen LogP contribution >= 0.6 is 12.2 Å². The number of Topliss-reactive ketones (excluding diaryl/α,β-unsaturated/α-hetero) is 1. The van der Waals surface area contributed by atoms with E-state index in [1.807, 2.05) is 30.3 Å². The summed E-state index contributed by atoms with van der Waals surface area (Å²) >= 11 is 5.23. The number of nitrogens with one attached hydrogen (secondary N) is 1. The molecule has 3 aromatic rings. The summed E-state index contributed by atoms with van der Waals surface area (Å²) in [5.74, 6) is 0.0283. The van der Waals surface area contributed by atoms with Crippen molar-refractivity contribution >= 4 is 40.6 Å². The third kappa shape index (κ3) is 5.19. The van der Waals surface area contributed by atoms with Crippen molar-refractivity contribution in [1.82, 2.24) is 10.3 Å². The van der Waals surface area contributed by atoms with Gasteiger partial charge in [-0.3, -0.25) is 29.6 Å². The lowest BCUT2D eigenvalue weighted by Gasteiger charge is -2.29. The number of ketones is 1. The number of ether oxygens (including phenoxy) is 1. The van der Waals surface area contributed by atoms with Gasteiger partial charge in [-0.25, -0.2) is 0 Å². The molecule has 1 aliphatic heterocycles. The number of para-hydroxylation sites is 1. The molecule has 0 atom stereocenters. The van der Waals surface area contributed by atoms with Crippen LogP contribution in [0.25, 0.3) is 0 Å². The quantitative estimate of drug-likeness (QED) is 0.247. The SMILES string of the molecule is O=C1NC(=S)N(c2ccc(Oc3ccccc3)cc2)C(=O)/C1=C/CCC(=O)c1cccnc1. The molecule has 0 aliphatic carbocycles. The molecule has 0 unspecified atom stereocenters. The number of carbonyl (C=O) groups excluding carboxylic acids is 3. The number of hydrogen-bond acceptors (Lipinski definition) is 6. The molecule has 1 fully saturated rings. The van der Waals surface area contributed by atoms with E-state index in [-0.39, 0.29) is 29.3 Å². The standard InChI is InChI=1S/C25H19N3O4S/c29-22(17-6-5-15-26-16-17)10-4-9-21-23(30)27-25(33)28(24(21)31)18-11-13-20(14-12-18)32-19-7-2-1-3-8-19/h1-3,5-9,11-16H,4,10H2,(H,27,30,33)/b21-9+. The second kappa shape index (κ2) is 9.97. The Labute approximate surface area is 195 Å². The summed E-state index contributed by atoms with van der Waals surface area (Å²) in [5, 5.41) is 2.53. The number of benzene rings is 2. The third-order valence-electron chi connectivity index (χ3n) is 4.88. The fourth-order valence-corrected chi connectivity index (χ4v) is 3.53. The number of allylic oxidation sites excluding steroid dienone is 1. The highest BCUT2D eigenvalue weighted by Crippen LogP contribution is 2.26. The van der Waals surface area contributed by atoms with Gasteiger partial charge in [0.1, 0.15) is 17.1 Å². The highest BCUT2D eigenvalue weighted by Gasteiger charge is 2.34. The van der Waals surface area contributed by atoms with Crippen LogP contribution in [0.15, 0.2) is 90.8 Å². The van der Waals surface area contributed by atoms with Gasteiger partial charge in [0, 0.05) is 24.4 Å². The number of pyridine rings is 1. The van der Waals surface area contributed by atoms with Gasteiger partial charge in [0.25, 0.3) is 11.8 Å². The molecule has 2 heterocycles. The lowest BCUT2D eigenvalue weighted by molar-refractivity contribution is -0.122. The van der Waals surface area contributed by atoms with Gasteiger partial charge in [-0.2, -0.15) is 0 Å². The highest BCUT2D eigenvalue weighted by molar-refractivity contribution is 7.80. The molecule has 4 rings (SSSR count). The highest BCUT2D eigenvalue weighted by atomic mass is 32.1. The third-order valence-corrected chi connectivity index (χ3v) is 5.16. The van der Waals surface area contributed by atoms with Gasteiger partial charge in [0.15, 0.2) is 10.9 Å². The minimum Gasteiger partial charge on any atom is -0.457 e. The Morgan fingerprint density at radius 3 is 2.42 bits per heavy atom. The number of carbonyl (C=O) groups is 3. The Morgan fingerprint density at radius 2 is 1.73 bits per heavy atom. The van der Waals surface area contributed by atoms with Crippen LogP contribution in [0.1, 0.15) is 23.2 Å². The number of nitrogens with zero attached hydrogens (tertiary/aromatic N) is 2. The van der Waals surface area contributed by atoms with Crippen LogP contribution in [0.3, 0.4) is 0 Å². The van der Waals surface area contributed by atoms with Gasteiger partial charge < -0.3 is 4.74 Å². The summed E-state index contributed by atoms with van der Waals surface area (Å²) in [6, 6.07) is 19.5. The van der Waals surface area contributed by atoms with E-state index in [2.05, 4.69) is 10.3 Å². The molecule has 33 heavy (non-hydrogen) atoms. The summed E-state index contributed by atoms with van der Waals surface area (Å²) in [6.07, 6.45) is 4.91. The van der Waals surface area contributed by atoms with Gasteiger partial charge in [0.05, 0.1) is 5.69 Å². The maximum Gasteiger partial charge on any atom is 0.269 e. The summed E-state index contributed by atoms with van der Waals surface area (Å²) in [4.78, 5) is 42.8. The Kier molecular flexibility index (Phi) is 6.66. The normalized spacial score (nSPS) is 14.8. The van der Waals surface area contributed by atoms with E-state index in [1.54, 1.807) is 42.6 Å². The minimum atomic E-state index is -0.584. The summed E-state index contributed by atoms with van der Waals surface area (Å²) in [6.45, 7) is 0. The smallest absolute Gasteiger partial charge is 0.269 e. The van der Waals surface area contributed by atoms with Gasteiger partial charge in [-0.1, -0.05) is 24.3 Å². The van der Waals surface area contributed by atoms with Crippen LogP contribution < -0.4 is 15.0 Å². The molecular formula is C25H19N3O4S. The molecule has 1 aromatic heterocycles. The summed E-state index contributed by atoms with van der Waals surface area (Å²) < 4.78 is 5.77. The number of rotatable bonds is 7. The molecule has 1 saturated heterocycles. The van der Waals surface area contributed by atoms with Crippen molar-refractivity contribution < 1.29 is 19.1 Å². The number of hydrogen-bond donors (Lipinski definition) is 1. The summed E-state index contributed by atoms with van der Waals surface area (Å²) in [5.41, 5.74) is 0.908. The number of thiocarbonyl (C=S) groups is 1. The Balaban J connectivity index is 1.46. The summed E-state index contributed by atoms with van der Waals surface area (Å²) in [7, 11) is 0. The molecule has 0 spiro atoms. The van der Waals surface area contributed by atoms with E-state index in [0.717, 1.165) is 0 Å². The Bertz CT molecular complexity index is 1230. The van der Waals surface area contributed by atoms with Crippen LogP contribution in [0.4, 0.5) is 5.69 Å². The van der Waals surface area contributed by atoms with E-state index in [1.165, 1.54) is 17.2 Å². The second-order valence-corrected chi connectivity index (χ2v) is 7.52. The minimum absolute atomic E-state index is 0.00897. The van der Waals surface area contributed by atoms with Gasteiger partial charge in [-0.05, 0) is 67.2 Å². The van der Waals surface area contributed by atoms with Crippen molar-refractivity contribution in [3.8, 4) is 11.5 Å². The van der Waals surface area contributed by atoms with Crippen molar-refractivity contribution in [2.24, 2.45) is 0 Å². The first kappa shape index (κ1) is 22.0. The van der Waals surface area contributed by atoms with Crippen LogP contribution in [-0.2, 0) is 9.59 Å². The van der Waals surface area contributed by atoms with Crippen molar-refractivity contribution in [2.75, 3.05) is 4.90 Å². The molecule has 164 valence electrons. The monoisotopic (exact) mass is 457 g/mol. The predicted molar refractivity (Wildman–Crippen MR) is 127 cm³/mol. The molecule has 1 N–H and O–H groups in total. The lowest BCUT2D eigenvalue weighted by atomic mass is 10.1. The zero-order valence-electron chi connectivity index (χ0n) is 17.4. The average molecular weight is 458 g/mol. The van der Waals surface area contributed by atoms with Gasteiger partial charge >= 0.3 is 0 Å². The largest absolute Gasteiger partial charge is 0.457 e. The second-order valence-electron chi connectivity index (χ2n) is 7.13. The molecule has 7 nitrogen and oxygen atoms in total. The Hall–Kier alpha value is -4.17. The molecule has 0 radical (unpaired) electrons. The van der Waals surface area contributed by atoms with Crippen LogP contribution in [-0.4, -0.2) is 27.7 Å².